The maximum Gasteiger partial charge on any atom is 0.316 e. The van der Waals surface area contributed by atoms with Crippen LogP contribution >= 0.6 is 15.9 Å². The summed E-state index contributed by atoms with van der Waals surface area (Å²) in [6.07, 6.45) is -0.559. The molecule has 0 amide bonds. The first-order valence-electron chi connectivity index (χ1n) is 5.41. The zero-order valence-corrected chi connectivity index (χ0v) is 12.2. The Labute approximate surface area is 115 Å². The van der Waals surface area contributed by atoms with Crippen LogP contribution in [0.2, 0.25) is 0 Å². The van der Waals surface area contributed by atoms with Crippen LogP contribution in [0.25, 0.3) is 0 Å². The fourth-order valence-electron chi connectivity index (χ4n) is 1.04. The minimum absolute atomic E-state index is 0.559. The molecule has 0 saturated heterocycles. The third-order valence-electron chi connectivity index (χ3n) is 2.06. The van der Waals surface area contributed by atoms with Crippen molar-refractivity contribution in [2.24, 2.45) is 0 Å². The van der Waals surface area contributed by atoms with Gasteiger partial charge in [-0.3, -0.25) is 9.59 Å². The van der Waals surface area contributed by atoms with E-state index >= 15 is 0 Å². The lowest BCUT2D eigenvalue weighted by molar-refractivity contribution is -0.149. The molecule has 0 aliphatic carbocycles. The van der Waals surface area contributed by atoms with Gasteiger partial charge in [0.05, 0.1) is 7.11 Å². The van der Waals surface area contributed by atoms with Gasteiger partial charge in [-0.25, -0.2) is 0 Å². The summed E-state index contributed by atoms with van der Waals surface area (Å²) >= 11 is 3.39. The van der Waals surface area contributed by atoms with E-state index < -0.39 is 18.4 Å². The number of benzene rings is 1. The van der Waals surface area contributed by atoms with E-state index in [-0.39, 0.29) is 0 Å². The Hall–Kier alpha value is -1.36. The van der Waals surface area contributed by atoms with Gasteiger partial charge in [0.25, 0.3) is 0 Å². The predicted octanol–water partition coefficient (Wildman–Crippen LogP) is 3.21. The largest absolute Gasteiger partial charge is 0.481 e. The van der Waals surface area contributed by atoms with Gasteiger partial charge in [-0.2, -0.15) is 0 Å². The molecule has 0 atom stereocenters. The van der Waals surface area contributed by atoms with Crippen molar-refractivity contribution in [1.82, 2.24) is 0 Å². The Balaban J connectivity index is 0.000000331. The van der Waals surface area contributed by atoms with Crippen molar-refractivity contribution >= 4 is 27.9 Å². The van der Waals surface area contributed by atoms with Crippen molar-refractivity contribution in [3.05, 3.63) is 34.3 Å². The van der Waals surface area contributed by atoms with Crippen LogP contribution in [0.1, 0.15) is 31.7 Å². The molecule has 4 nitrogen and oxygen atoms in total. The van der Waals surface area contributed by atoms with Gasteiger partial charge in [-0.1, -0.05) is 41.9 Å². The van der Waals surface area contributed by atoms with E-state index in [1.54, 1.807) is 0 Å². The van der Waals surface area contributed by atoms with E-state index in [1.807, 2.05) is 0 Å². The number of aliphatic carboxylic acids is 1. The second-order valence-corrected chi connectivity index (χ2v) is 4.77. The molecule has 0 spiro atoms. The normalized spacial score (nSPS) is 9.39. The summed E-state index contributed by atoms with van der Waals surface area (Å²) < 4.78 is 5.19. The maximum absolute atomic E-state index is 10.0. The summed E-state index contributed by atoms with van der Waals surface area (Å²) in [7, 11) is 1.14. The standard InChI is InChI=1S/C9H11Br.C4H6O4/c1-7(2)8-3-5-9(10)6-4-8;1-8-4(7)2-3(5)6/h3-7H,1-2H3;2H2,1H3,(H,5,6). The van der Waals surface area contributed by atoms with Crippen LogP contribution < -0.4 is 0 Å². The summed E-state index contributed by atoms with van der Waals surface area (Å²) in [6.45, 7) is 4.40. The molecule has 0 aromatic heterocycles. The van der Waals surface area contributed by atoms with Crippen molar-refractivity contribution in [3.8, 4) is 0 Å². The number of carbonyl (C=O) groups excluding carboxylic acids is 1. The highest BCUT2D eigenvalue weighted by atomic mass is 79.9. The number of carbonyl (C=O) groups is 2. The Morgan fingerprint density at radius 2 is 1.78 bits per heavy atom. The number of carboxylic acid groups (broad SMARTS) is 1. The van der Waals surface area contributed by atoms with Gasteiger partial charge in [-0.05, 0) is 23.6 Å². The molecule has 0 aliphatic rings. The van der Waals surface area contributed by atoms with Crippen LogP contribution in [0.4, 0.5) is 0 Å². The molecule has 18 heavy (non-hydrogen) atoms. The summed E-state index contributed by atoms with van der Waals surface area (Å²) in [5.74, 6) is -1.26. The molecule has 1 rings (SSSR count). The molecular formula is C13H17BrO4. The average molecular weight is 317 g/mol. The molecule has 5 heteroatoms. The molecule has 100 valence electrons. The van der Waals surface area contributed by atoms with E-state index in [4.69, 9.17) is 5.11 Å². The third kappa shape index (κ3) is 7.84. The van der Waals surface area contributed by atoms with Crippen molar-refractivity contribution in [1.29, 1.82) is 0 Å². The van der Waals surface area contributed by atoms with Gasteiger partial charge < -0.3 is 9.84 Å². The highest BCUT2D eigenvalue weighted by molar-refractivity contribution is 9.10. The lowest BCUT2D eigenvalue weighted by atomic mass is 10.0. The topological polar surface area (TPSA) is 63.6 Å². The zero-order valence-electron chi connectivity index (χ0n) is 10.6. The molecule has 0 radical (unpaired) electrons. The molecule has 0 unspecified atom stereocenters. The monoisotopic (exact) mass is 316 g/mol. The summed E-state index contributed by atoms with van der Waals surface area (Å²) in [6, 6.07) is 8.45. The third-order valence-corrected chi connectivity index (χ3v) is 2.59. The summed E-state index contributed by atoms with van der Waals surface area (Å²) in [4.78, 5) is 19.7. The van der Waals surface area contributed by atoms with Crippen LogP contribution in [-0.2, 0) is 14.3 Å². The second kappa shape index (κ2) is 8.69. The Morgan fingerprint density at radius 1 is 1.28 bits per heavy atom. The van der Waals surface area contributed by atoms with Crippen molar-refractivity contribution < 1.29 is 19.4 Å². The van der Waals surface area contributed by atoms with Crippen LogP contribution in [0.15, 0.2) is 28.7 Å². The Kier molecular flexibility index (Phi) is 8.03. The lowest BCUT2D eigenvalue weighted by Crippen LogP contribution is -2.07. The molecule has 0 heterocycles. The first-order valence-corrected chi connectivity index (χ1v) is 6.20. The highest BCUT2D eigenvalue weighted by Gasteiger charge is 2.04. The molecule has 0 bridgehead atoms. The minimum atomic E-state index is -1.17. The van der Waals surface area contributed by atoms with Crippen molar-refractivity contribution in [3.63, 3.8) is 0 Å². The van der Waals surface area contributed by atoms with Crippen LogP contribution in [-0.4, -0.2) is 24.2 Å². The average Bonchev–Trinajstić information content (AvgIpc) is 2.29. The first-order chi connectivity index (χ1) is 8.36. The number of rotatable bonds is 3. The van der Waals surface area contributed by atoms with Crippen molar-refractivity contribution in [2.75, 3.05) is 7.11 Å². The molecule has 1 aromatic rings. The quantitative estimate of drug-likeness (QED) is 0.687. The lowest BCUT2D eigenvalue weighted by Gasteiger charge is -2.03. The highest BCUT2D eigenvalue weighted by Crippen LogP contribution is 2.16. The molecule has 0 aliphatic heterocycles. The van der Waals surface area contributed by atoms with Gasteiger partial charge in [0.1, 0.15) is 6.42 Å². The Bertz CT molecular complexity index is 384. The fraction of sp³-hybridized carbons (Fsp3) is 0.385. The van der Waals surface area contributed by atoms with Gasteiger partial charge >= 0.3 is 11.9 Å². The number of halogens is 1. The van der Waals surface area contributed by atoms with E-state index in [1.165, 1.54) is 5.56 Å². The SMILES string of the molecule is CC(C)c1ccc(Br)cc1.COC(=O)CC(=O)O. The van der Waals surface area contributed by atoms with Gasteiger partial charge in [0.15, 0.2) is 0 Å². The van der Waals surface area contributed by atoms with E-state index in [0.717, 1.165) is 11.6 Å². The zero-order chi connectivity index (χ0) is 14.1. The fourth-order valence-corrected chi connectivity index (χ4v) is 1.31. The van der Waals surface area contributed by atoms with Gasteiger partial charge in [0.2, 0.25) is 0 Å². The second-order valence-electron chi connectivity index (χ2n) is 3.85. The number of ether oxygens (including phenoxy) is 1. The van der Waals surface area contributed by atoms with Crippen LogP contribution in [0.3, 0.4) is 0 Å². The van der Waals surface area contributed by atoms with E-state index in [9.17, 15) is 9.59 Å². The van der Waals surface area contributed by atoms with Gasteiger partial charge in [0, 0.05) is 4.47 Å². The molecule has 1 N–H and O–H groups in total. The predicted molar refractivity (Wildman–Crippen MR) is 72.5 cm³/mol. The first kappa shape index (κ1) is 16.6. The van der Waals surface area contributed by atoms with Crippen molar-refractivity contribution in [2.45, 2.75) is 26.2 Å². The van der Waals surface area contributed by atoms with E-state index in [2.05, 4.69) is 58.8 Å². The summed E-state index contributed by atoms with van der Waals surface area (Å²) in [5.41, 5.74) is 1.39. The van der Waals surface area contributed by atoms with Crippen LogP contribution in [0.5, 0.6) is 0 Å². The molecular weight excluding hydrogens is 300 g/mol. The minimum Gasteiger partial charge on any atom is -0.481 e. The maximum atomic E-state index is 10.0. The van der Waals surface area contributed by atoms with Crippen LogP contribution in [0, 0.1) is 0 Å². The van der Waals surface area contributed by atoms with E-state index in [0.29, 0.717) is 5.92 Å². The number of hydrogen-bond donors (Lipinski definition) is 1. The van der Waals surface area contributed by atoms with Gasteiger partial charge in [-0.15, -0.1) is 0 Å². The smallest absolute Gasteiger partial charge is 0.316 e. The number of hydrogen-bond acceptors (Lipinski definition) is 3. The number of esters is 1. The number of methoxy groups -OCH3 is 1. The Morgan fingerprint density at radius 3 is 2.06 bits per heavy atom. The molecule has 0 saturated carbocycles. The number of carboxylic acids is 1. The molecule has 0 fully saturated rings. The molecule has 1 aromatic carbocycles. The summed E-state index contributed by atoms with van der Waals surface area (Å²) in [5, 5.41) is 7.91.